The number of nitrogens with one attached hydrogen (secondary N) is 1. The molecule has 3 nitrogen and oxygen atoms in total. The van der Waals surface area contributed by atoms with Crippen molar-refractivity contribution in [2.45, 2.75) is 6.92 Å². The SMILES string of the molecule is C/C(=N\NC(=O)c1cccc(F)c1)c1ccc(Cl)c(Cl)c1. The third kappa shape index (κ3) is 4.03. The van der Waals surface area contributed by atoms with Crippen LogP contribution >= 0.6 is 23.2 Å². The van der Waals surface area contributed by atoms with Gasteiger partial charge in [-0.1, -0.05) is 35.3 Å². The number of hydrazone groups is 1. The quantitative estimate of drug-likeness (QED) is 0.664. The van der Waals surface area contributed by atoms with E-state index in [0.29, 0.717) is 15.8 Å². The lowest BCUT2D eigenvalue weighted by Gasteiger charge is -2.04. The molecule has 0 saturated heterocycles. The summed E-state index contributed by atoms with van der Waals surface area (Å²) in [7, 11) is 0. The van der Waals surface area contributed by atoms with Gasteiger partial charge in [-0.05, 0) is 42.8 Å². The molecule has 0 aliphatic rings. The number of rotatable bonds is 3. The summed E-state index contributed by atoms with van der Waals surface area (Å²) in [5, 5.41) is 4.81. The first-order valence-electron chi connectivity index (χ1n) is 6.03. The molecule has 1 N–H and O–H groups in total. The Morgan fingerprint density at radius 2 is 1.86 bits per heavy atom. The first kappa shape index (κ1) is 15.5. The highest BCUT2D eigenvalue weighted by atomic mass is 35.5. The van der Waals surface area contributed by atoms with Crippen LogP contribution in [0.2, 0.25) is 10.0 Å². The minimum Gasteiger partial charge on any atom is -0.267 e. The molecule has 0 saturated carbocycles. The summed E-state index contributed by atoms with van der Waals surface area (Å²) in [6.45, 7) is 1.71. The average molecular weight is 325 g/mol. The Morgan fingerprint density at radius 1 is 1.10 bits per heavy atom. The van der Waals surface area contributed by atoms with E-state index in [1.165, 1.54) is 18.2 Å². The number of carbonyl (C=O) groups excluding carboxylic acids is 1. The molecule has 0 unspecified atom stereocenters. The van der Waals surface area contributed by atoms with Gasteiger partial charge in [0, 0.05) is 5.56 Å². The van der Waals surface area contributed by atoms with Crippen LogP contribution in [0.4, 0.5) is 4.39 Å². The van der Waals surface area contributed by atoms with Gasteiger partial charge in [0.15, 0.2) is 0 Å². The van der Waals surface area contributed by atoms with E-state index in [1.807, 2.05) is 0 Å². The zero-order chi connectivity index (χ0) is 15.4. The van der Waals surface area contributed by atoms with Crippen LogP contribution in [-0.2, 0) is 0 Å². The number of carbonyl (C=O) groups is 1. The molecule has 108 valence electrons. The molecular formula is C15H11Cl2FN2O. The van der Waals surface area contributed by atoms with Gasteiger partial charge in [0.2, 0.25) is 0 Å². The van der Waals surface area contributed by atoms with Crippen molar-refractivity contribution in [1.29, 1.82) is 0 Å². The summed E-state index contributed by atoms with van der Waals surface area (Å²) in [6.07, 6.45) is 0. The van der Waals surface area contributed by atoms with Crippen LogP contribution in [-0.4, -0.2) is 11.6 Å². The van der Waals surface area contributed by atoms with E-state index < -0.39 is 11.7 Å². The molecule has 0 aliphatic heterocycles. The normalized spacial score (nSPS) is 11.3. The molecule has 6 heteroatoms. The van der Waals surface area contributed by atoms with Crippen molar-refractivity contribution in [1.82, 2.24) is 5.43 Å². The molecule has 2 aromatic carbocycles. The summed E-state index contributed by atoms with van der Waals surface area (Å²) in [4.78, 5) is 11.8. The van der Waals surface area contributed by atoms with Crippen LogP contribution in [0.3, 0.4) is 0 Å². The van der Waals surface area contributed by atoms with Gasteiger partial charge >= 0.3 is 0 Å². The molecule has 0 spiro atoms. The lowest BCUT2D eigenvalue weighted by atomic mass is 10.1. The van der Waals surface area contributed by atoms with Crippen LogP contribution in [0.15, 0.2) is 47.6 Å². The standard InChI is InChI=1S/C15H11Cl2FN2O/c1-9(10-5-6-13(16)14(17)8-10)19-20-15(21)11-3-2-4-12(18)7-11/h2-8H,1H3,(H,20,21)/b19-9+. The van der Waals surface area contributed by atoms with Crippen molar-refractivity contribution in [2.75, 3.05) is 0 Å². The molecule has 0 aromatic heterocycles. The second kappa shape index (κ2) is 6.70. The Morgan fingerprint density at radius 3 is 2.52 bits per heavy atom. The van der Waals surface area contributed by atoms with Crippen molar-refractivity contribution in [3.8, 4) is 0 Å². The highest BCUT2D eigenvalue weighted by Gasteiger charge is 2.06. The molecule has 0 aliphatic carbocycles. The van der Waals surface area contributed by atoms with Gasteiger partial charge in [0.1, 0.15) is 5.82 Å². The molecule has 0 heterocycles. The number of hydrogen-bond donors (Lipinski definition) is 1. The third-order valence-corrected chi connectivity index (χ3v) is 3.49. The number of hydrogen-bond acceptors (Lipinski definition) is 2. The summed E-state index contributed by atoms with van der Waals surface area (Å²) in [5.74, 6) is -0.971. The van der Waals surface area contributed by atoms with Crippen LogP contribution in [0.5, 0.6) is 0 Å². The maximum absolute atomic E-state index is 13.0. The summed E-state index contributed by atoms with van der Waals surface area (Å²) in [6, 6.07) is 10.4. The molecule has 0 bridgehead atoms. The second-order valence-electron chi connectivity index (χ2n) is 4.28. The highest BCUT2D eigenvalue weighted by molar-refractivity contribution is 6.42. The van der Waals surface area contributed by atoms with E-state index in [2.05, 4.69) is 10.5 Å². The minimum atomic E-state index is -0.492. The molecule has 0 atom stereocenters. The van der Waals surface area contributed by atoms with Gasteiger partial charge < -0.3 is 0 Å². The van der Waals surface area contributed by atoms with Gasteiger partial charge in [0.25, 0.3) is 5.91 Å². The second-order valence-corrected chi connectivity index (χ2v) is 5.09. The fourth-order valence-corrected chi connectivity index (χ4v) is 1.91. The Balaban J connectivity index is 2.13. The average Bonchev–Trinajstić information content (AvgIpc) is 2.47. The number of halogens is 3. The Hall–Kier alpha value is -1.91. The molecule has 2 rings (SSSR count). The number of benzene rings is 2. The Kier molecular flexibility index (Phi) is 4.94. The van der Waals surface area contributed by atoms with Crippen molar-refractivity contribution in [3.63, 3.8) is 0 Å². The first-order chi connectivity index (χ1) is 9.97. The van der Waals surface area contributed by atoms with Crippen molar-refractivity contribution in [3.05, 3.63) is 69.5 Å². The lowest BCUT2D eigenvalue weighted by Crippen LogP contribution is -2.19. The van der Waals surface area contributed by atoms with Gasteiger partial charge in [-0.3, -0.25) is 4.79 Å². The largest absolute Gasteiger partial charge is 0.271 e. The first-order valence-corrected chi connectivity index (χ1v) is 6.78. The number of nitrogens with zero attached hydrogens (tertiary/aromatic N) is 1. The fraction of sp³-hybridized carbons (Fsp3) is 0.0667. The smallest absolute Gasteiger partial charge is 0.267 e. The van der Waals surface area contributed by atoms with E-state index in [0.717, 1.165) is 11.6 Å². The van der Waals surface area contributed by atoms with Gasteiger partial charge in [-0.25, -0.2) is 9.82 Å². The molecular weight excluding hydrogens is 314 g/mol. The topological polar surface area (TPSA) is 41.5 Å². The lowest BCUT2D eigenvalue weighted by molar-refractivity contribution is 0.0954. The predicted molar refractivity (Wildman–Crippen MR) is 82.5 cm³/mol. The van der Waals surface area contributed by atoms with Crippen molar-refractivity contribution in [2.24, 2.45) is 5.10 Å². The maximum Gasteiger partial charge on any atom is 0.271 e. The predicted octanol–water partition coefficient (Wildman–Crippen LogP) is 4.29. The zero-order valence-corrected chi connectivity index (χ0v) is 12.5. The molecule has 2 aromatic rings. The fourth-order valence-electron chi connectivity index (χ4n) is 1.61. The molecule has 21 heavy (non-hydrogen) atoms. The molecule has 0 fully saturated rings. The minimum absolute atomic E-state index is 0.195. The van der Waals surface area contributed by atoms with E-state index in [-0.39, 0.29) is 5.56 Å². The third-order valence-electron chi connectivity index (χ3n) is 2.75. The van der Waals surface area contributed by atoms with Gasteiger partial charge in [0.05, 0.1) is 15.8 Å². The summed E-state index contributed by atoms with van der Waals surface area (Å²) in [5.41, 5.74) is 3.84. The Labute approximate surface area is 131 Å². The number of amides is 1. The van der Waals surface area contributed by atoms with Crippen molar-refractivity contribution >= 4 is 34.8 Å². The van der Waals surface area contributed by atoms with Gasteiger partial charge in [-0.15, -0.1) is 0 Å². The zero-order valence-electron chi connectivity index (χ0n) is 11.0. The van der Waals surface area contributed by atoms with E-state index in [4.69, 9.17) is 23.2 Å². The Bertz CT molecular complexity index is 717. The van der Waals surface area contributed by atoms with Crippen LogP contribution < -0.4 is 5.43 Å². The molecule has 0 radical (unpaired) electrons. The van der Waals surface area contributed by atoms with E-state index >= 15 is 0 Å². The summed E-state index contributed by atoms with van der Waals surface area (Å²) >= 11 is 11.7. The van der Waals surface area contributed by atoms with Crippen molar-refractivity contribution < 1.29 is 9.18 Å². The molecule has 1 amide bonds. The van der Waals surface area contributed by atoms with E-state index in [9.17, 15) is 9.18 Å². The van der Waals surface area contributed by atoms with Crippen LogP contribution in [0.25, 0.3) is 0 Å². The monoisotopic (exact) mass is 324 g/mol. The van der Waals surface area contributed by atoms with Crippen LogP contribution in [0.1, 0.15) is 22.8 Å². The van der Waals surface area contributed by atoms with E-state index in [1.54, 1.807) is 25.1 Å². The van der Waals surface area contributed by atoms with Crippen LogP contribution in [0, 0.1) is 5.82 Å². The summed E-state index contributed by atoms with van der Waals surface area (Å²) < 4.78 is 13.0. The maximum atomic E-state index is 13.0. The van der Waals surface area contributed by atoms with Gasteiger partial charge in [-0.2, -0.15) is 5.10 Å². The highest BCUT2D eigenvalue weighted by Crippen LogP contribution is 2.22.